The molecular formula is C14H17N3OS. The molecule has 0 aliphatic heterocycles. The normalized spacial score (nSPS) is 14.1. The third-order valence-corrected chi connectivity index (χ3v) is 4.22. The Hall–Kier alpha value is -1.62. The molecule has 0 saturated carbocycles. The van der Waals surface area contributed by atoms with Gasteiger partial charge < -0.3 is 5.32 Å². The quantitative estimate of drug-likeness (QED) is 0.930. The summed E-state index contributed by atoms with van der Waals surface area (Å²) >= 11 is 1.54. The lowest BCUT2D eigenvalue weighted by atomic mass is 9.98. The van der Waals surface area contributed by atoms with Gasteiger partial charge in [0, 0.05) is 23.2 Å². The van der Waals surface area contributed by atoms with Crippen LogP contribution in [0.1, 0.15) is 34.5 Å². The number of thiophene rings is 1. The highest BCUT2D eigenvalue weighted by Gasteiger charge is 2.14. The van der Waals surface area contributed by atoms with Crippen molar-refractivity contribution in [1.82, 2.24) is 15.1 Å². The van der Waals surface area contributed by atoms with Crippen molar-refractivity contribution < 1.29 is 4.79 Å². The third kappa shape index (κ3) is 2.71. The lowest BCUT2D eigenvalue weighted by Crippen LogP contribution is -2.27. The molecular weight excluding hydrogens is 258 g/mol. The Balaban J connectivity index is 1.55. The summed E-state index contributed by atoms with van der Waals surface area (Å²) in [5, 5.41) is 11.1. The third-order valence-electron chi connectivity index (χ3n) is 3.54. The van der Waals surface area contributed by atoms with Crippen LogP contribution in [-0.4, -0.2) is 22.2 Å². The molecule has 0 aromatic carbocycles. The van der Waals surface area contributed by atoms with E-state index in [0.717, 1.165) is 24.9 Å². The molecule has 2 heterocycles. The number of rotatable bonds is 4. The lowest BCUT2D eigenvalue weighted by Gasteiger charge is -2.14. The Kier molecular flexibility index (Phi) is 3.64. The Labute approximate surface area is 116 Å². The van der Waals surface area contributed by atoms with Crippen molar-refractivity contribution in [2.75, 3.05) is 6.54 Å². The van der Waals surface area contributed by atoms with E-state index < -0.39 is 0 Å². The van der Waals surface area contributed by atoms with E-state index in [9.17, 15) is 4.79 Å². The second-order valence-corrected chi connectivity index (χ2v) is 5.59. The highest BCUT2D eigenvalue weighted by molar-refractivity contribution is 7.08. The molecule has 0 saturated heterocycles. The predicted molar refractivity (Wildman–Crippen MR) is 75.5 cm³/mol. The van der Waals surface area contributed by atoms with Crippen LogP contribution < -0.4 is 5.32 Å². The van der Waals surface area contributed by atoms with Crippen molar-refractivity contribution in [3.8, 4) is 0 Å². The zero-order valence-electron chi connectivity index (χ0n) is 10.8. The zero-order valence-corrected chi connectivity index (χ0v) is 11.6. The first-order chi connectivity index (χ1) is 9.34. The number of hydrogen-bond donors (Lipinski definition) is 1. The van der Waals surface area contributed by atoms with Crippen molar-refractivity contribution in [2.24, 2.45) is 0 Å². The molecule has 0 radical (unpaired) electrons. The van der Waals surface area contributed by atoms with Crippen LogP contribution in [0.25, 0.3) is 0 Å². The molecule has 2 aromatic heterocycles. The second-order valence-electron chi connectivity index (χ2n) is 4.81. The molecule has 1 aliphatic rings. The minimum atomic E-state index is 0.00211. The molecule has 2 aromatic rings. The molecule has 100 valence electrons. The first kappa shape index (κ1) is 12.4. The van der Waals surface area contributed by atoms with E-state index in [0.29, 0.717) is 6.54 Å². The van der Waals surface area contributed by atoms with Gasteiger partial charge in [0.15, 0.2) is 0 Å². The molecule has 0 fully saturated rings. The van der Waals surface area contributed by atoms with Crippen LogP contribution in [0.4, 0.5) is 0 Å². The molecule has 0 unspecified atom stereocenters. The lowest BCUT2D eigenvalue weighted by molar-refractivity contribution is 0.0952. The summed E-state index contributed by atoms with van der Waals surface area (Å²) in [6.45, 7) is 1.38. The van der Waals surface area contributed by atoms with Crippen molar-refractivity contribution >= 4 is 17.2 Å². The van der Waals surface area contributed by atoms with Gasteiger partial charge >= 0.3 is 0 Å². The van der Waals surface area contributed by atoms with Crippen molar-refractivity contribution in [1.29, 1.82) is 0 Å². The summed E-state index contributed by atoms with van der Waals surface area (Å²) in [4.78, 5) is 11.8. The molecule has 3 rings (SSSR count). The van der Waals surface area contributed by atoms with E-state index in [1.54, 1.807) is 0 Å². The monoisotopic (exact) mass is 275 g/mol. The summed E-state index contributed by atoms with van der Waals surface area (Å²) in [6, 6.07) is 1.84. The average Bonchev–Trinajstić information content (AvgIpc) is 3.08. The molecule has 5 heteroatoms. The highest BCUT2D eigenvalue weighted by Crippen LogP contribution is 2.20. The summed E-state index contributed by atoms with van der Waals surface area (Å²) in [5.41, 5.74) is 3.49. The second kappa shape index (κ2) is 5.57. The number of aryl methyl sites for hydroxylation is 1. The Morgan fingerprint density at radius 2 is 2.32 bits per heavy atom. The molecule has 0 atom stereocenters. The van der Waals surface area contributed by atoms with Gasteiger partial charge in [-0.05, 0) is 42.7 Å². The van der Waals surface area contributed by atoms with Crippen molar-refractivity contribution in [3.63, 3.8) is 0 Å². The maximum Gasteiger partial charge on any atom is 0.252 e. The number of amides is 1. The standard InChI is InChI=1S/C14H17N3OS/c18-14(12-5-8-19-10-12)15-6-7-17-13-4-2-1-3-11(13)9-16-17/h5,8-10H,1-4,6-7H2,(H,15,18). The maximum atomic E-state index is 11.8. The number of aromatic nitrogens is 2. The van der Waals surface area contributed by atoms with Gasteiger partial charge in [0.05, 0.1) is 12.7 Å². The first-order valence-electron chi connectivity index (χ1n) is 6.68. The number of nitrogens with one attached hydrogen (secondary N) is 1. The van der Waals surface area contributed by atoms with Crippen LogP contribution >= 0.6 is 11.3 Å². The van der Waals surface area contributed by atoms with E-state index in [1.165, 1.54) is 35.4 Å². The molecule has 0 bridgehead atoms. The number of hydrogen-bond acceptors (Lipinski definition) is 3. The zero-order chi connectivity index (χ0) is 13.1. The Morgan fingerprint density at radius 1 is 1.42 bits per heavy atom. The summed E-state index contributed by atoms with van der Waals surface area (Å²) < 4.78 is 2.04. The molecule has 1 amide bonds. The van der Waals surface area contributed by atoms with Crippen molar-refractivity contribution in [2.45, 2.75) is 32.2 Å². The van der Waals surface area contributed by atoms with Gasteiger partial charge in [-0.1, -0.05) is 0 Å². The van der Waals surface area contributed by atoms with Crippen molar-refractivity contribution in [3.05, 3.63) is 39.8 Å². The van der Waals surface area contributed by atoms with Gasteiger partial charge in [0.25, 0.3) is 5.91 Å². The average molecular weight is 275 g/mol. The highest BCUT2D eigenvalue weighted by atomic mass is 32.1. The van der Waals surface area contributed by atoms with Gasteiger partial charge in [-0.3, -0.25) is 9.48 Å². The van der Waals surface area contributed by atoms with E-state index in [1.807, 2.05) is 27.7 Å². The summed E-state index contributed by atoms with van der Waals surface area (Å²) in [7, 11) is 0. The van der Waals surface area contributed by atoms with Crippen LogP contribution in [0.5, 0.6) is 0 Å². The number of fused-ring (bicyclic) bond motifs is 1. The topological polar surface area (TPSA) is 46.9 Å². The van der Waals surface area contributed by atoms with Crippen LogP contribution in [0.15, 0.2) is 23.0 Å². The first-order valence-corrected chi connectivity index (χ1v) is 7.63. The Bertz CT molecular complexity index is 559. The smallest absolute Gasteiger partial charge is 0.252 e. The number of nitrogens with zero attached hydrogens (tertiary/aromatic N) is 2. The maximum absolute atomic E-state index is 11.8. The van der Waals surface area contributed by atoms with E-state index in [-0.39, 0.29) is 5.91 Å². The number of carbonyl (C=O) groups excluding carboxylic acids is 1. The molecule has 0 spiro atoms. The molecule has 1 N–H and O–H groups in total. The van der Waals surface area contributed by atoms with Crippen LogP contribution in [0.3, 0.4) is 0 Å². The molecule has 1 aliphatic carbocycles. The minimum absolute atomic E-state index is 0.00211. The van der Waals surface area contributed by atoms with E-state index in [2.05, 4.69) is 10.4 Å². The Morgan fingerprint density at radius 3 is 3.16 bits per heavy atom. The summed E-state index contributed by atoms with van der Waals surface area (Å²) in [5.74, 6) is 0.00211. The van der Waals surface area contributed by atoms with Gasteiger partial charge in [0.2, 0.25) is 0 Å². The van der Waals surface area contributed by atoms with Crippen LogP contribution in [-0.2, 0) is 19.4 Å². The predicted octanol–water partition coefficient (Wildman–Crippen LogP) is 2.25. The summed E-state index contributed by atoms with van der Waals surface area (Å²) in [6.07, 6.45) is 6.77. The van der Waals surface area contributed by atoms with Gasteiger partial charge in [0.1, 0.15) is 0 Å². The van der Waals surface area contributed by atoms with Crippen LogP contribution in [0, 0.1) is 0 Å². The molecule has 4 nitrogen and oxygen atoms in total. The van der Waals surface area contributed by atoms with Crippen LogP contribution in [0.2, 0.25) is 0 Å². The van der Waals surface area contributed by atoms with E-state index >= 15 is 0 Å². The van der Waals surface area contributed by atoms with Gasteiger partial charge in [-0.25, -0.2) is 0 Å². The molecule has 19 heavy (non-hydrogen) atoms. The fraction of sp³-hybridized carbons (Fsp3) is 0.429. The fourth-order valence-electron chi connectivity index (χ4n) is 2.52. The minimum Gasteiger partial charge on any atom is -0.350 e. The fourth-order valence-corrected chi connectivity index (χ4v) is 3.16. The SMILES string of the molecule is O=C(NCCn1ncc2c1CCCC2)c1ccsc1. The number of carbonyl (C=O) groups is 1. The van der Waals surface area contributed by atoms with E-state index in [4.69, 9.17) is 0 Å². The largest absolute Gasteiger partial charge is 0.350 e. The van der Waals surface area contributed by atoms with Gasteiger partial charge in [-0.2, -0.15) is 16.4 Å². The van der Waals surface area contributed by atoms with Gasteiger partial charge in [-0.15, -0.1) is 0 Å².